The Labute approximate surface area is 118 Å². The summed E-state index contributed by atoms with van der Waals surface area (Å²) in [5.41, 5.74) is 0. The summed E-state index contributed by atoms with van der Waals surface area (Å²) in [5.74, 6) is -2.66. The zero-order chi connectivity index (χ0) is 15.8. The van der Waals surface area contributed by atoms with E-state index in [2.05, 4.69) is 13.8 Å². The molecule has 128 valence electrons. The van der Waals surface area contributed by atoms with E-state index in [1.54, 1.807) is 0 Å². The lowest BCUT2D eigenvalue weighted by molar-refractivity contribution is -0.245. The third-order valence-electron chi connectivity index (χ3n) is 2.37. The molecule has 13 nitrogen and oxygen atoms in total. The molecule has 21 heavy (non-hydrogen) atoms. The van der Waals surface area contributed by atoms with Crippen LogP contribution in [-0.4, -0.2) is 72.2 Å². The fourth-order valence-corrected chi connectivity index (χ4v) is 2.17. The average molecular weight is 358 g/mol. The van der Waals surface area contributed by atoms with Gasteiger partial charge in [-0.15, -0.1) is 0 Å². The van der Waals surface area contributed by atoms with Crippen LogP contribution in [0.1, 0.15) is 0 Å². The molecule has 0 aromatic carbocycles. The van der Waals surface area contributed by atoms with E-state index in [9.17, 15) is 24.4 Å². The number of rotatable bonds is 6. The van der Waals surface area contributed by atoms with Crippen molar-refractivity contribution in [2.75, 3.05) is 13.2 Å². The van der Waals surface area contributed by atoms with Crippen LogP contribution in [0.5, 0.6) is 0 Å². The maximum Gasteiger partial charge on any atom is 0.469 e. The van der Waals surface area contributed by atoms with Crippen molar-refractivity contribution in [3.05, 3.63) is 0 Å². The Balaban J connectivity index is 0.00000400. The Morgan fingerprint density at radius 2 is 1.52 bits per heavy atom. The van der Waals surface area contributed by atoms with Gasteiger partial charge in [-0.05, 0) is 0 Å². The maximum atomic E-state index is 10.5. The van der Waals surface area contributed by atoms with E-state index in [0.717, 1.165) is 0 Å². The molecule has 15 heteroatoms. The first-order valence-corrected chi connectivity index (χ1v) is 8.07. The molecule has 0 saturated carbocycles. The number of aliphatic hydroxyl groups excluding tert-OH is 2. The van der Waals surface area contributed by atoms with Gasteiger partial charge in [0.2, 0.25) is 5.79 Å². The van der Waals surface area contributed by atoms with Gasteiger partial charge in [0.1, 0.15) is 24.9 Å². The number of hydrogen-bond donors (Lipinski definition) is 8. The monoisotopic (exact) mass is 358 g/mol. The highest BCUT2D eigenvalue weighted by Crippen LogP contribution is 2.41. The molecule has 1 saturated heterocycles. The summed E-state index contributed by atoms with van der Waals surface area (Å²) in [4.78, 5) is 33.9. The van der Waals surface area contributed by atoms with Crippen LogP contribution < -0.4 is 6.15 Å². The molecule has 1 fully saturated rings. The summed E-state index contributed by atoms with van der Waals surface area (Å²) in [6, 6.07) is 0. The molecule has 1 rings (SSSR count). The van der Waals surface area contributed by atoms with E-state index < -0.39 is 53.0 Å². The first-order valence-electron chi connectivity index (χ1n) is 5.00. The topological polar surface area (TPSA) is 240 Å². The third-order valence-corrected chi connectivity index (χ3v) is 3.32. The van der Waals surface area contributed by atoms with Gasteiger partial charge in [-0.3, -0.25) is 9.05 Å². The molecule has 0 bridgehead atoms. The van der Waals surface area contributed by atoms with Crippen molar-refractivity contribution in [3.63, 3.8) is 0 Å². The normalized spacial score (nSPS) is 33.8. The van der Waals surface area contributed by atoms with Gasteiger partial charge in [-0.2, -0.15) is 0 Å². The molecule has 0 radical (unpaired) electrons. The summed E-state index contributed by atoms with van der Waals surface area (Å²) in [5, 5.41) is 28.8. The van der Waals surface area contributed by atoms with Crippen LogP contribution in [0, 0.1) is 0 Å². The van der Waals surface area contributed by atoms with Gasteiger partial charge < -0.3 is 45.8 Å². The Kier molecular flexibility index (Phi) is 7.07. The van der Waals surface area contributed by atoms with Crippen LogP contribution >= 0.6 is 15.6 Å². The standard InChI is InChI=1S/C6H14O12P2.H3N/c7-4-3(1-16-19(10,11)12)18-6(9,5(4)8)2-17-20(13,14)15;/h3-5,7-9H,1-2H2,(H2,10,11,12)(H2,13,14,15);1H3/p+1/t3-,4-,5+,6-;/m1./s1. The number of phosphoric acid groups is 2. The van der Waals surface area contributed by atoms with E-state index in [-0.39, 0.29) is 6.15 Å². The van der Waals surface area contributed by atoms with Gasteiger partial charge in [0.15, 0.2) is 0 Å². The highest BCUT2D eigenvalue weighted by atomic mass is 31.2. The Morgan fingerprint density at radius 3 is 1.95 bits per heavy atom. The SMILES string of the molecule is O=P(O)(O)OC[C@H]1O[C@](O)(COP(=O)(O)O)[C@@H](O)[C@@H]1O.[NH4+]. The van der Waals surface area contributed by atoms with E-state index in [0.29, 0.717) is 0 Å². The molecule has 0 amide bonds. The maximum absolute atomic E-state index is 10.5. The summed E-state index contributed by atoms with van der Waals surface area (Å²) in [6.07, 6.45) is -5.38. The quantitative estimate of drug-likeness (QED) is 0.228. The lowest BCUT2D eigenvalue weighted by Gasteiger charge is -2.25. The second-order valence-electron chi connectivity index (χ2n) is 3.99. The van der Waals surface area contributed by atoms with Crippen molar-refractivity contribution >= 4 is 15.6 Å². The molecule has 0 aliphatic carbocycles. The highest BCUT2D eigenvalue weighted by Gasteiger charge is 2.54. The lowest BCUT2D eigenvalue weighted by Crippen LogP contribution is -2.46. The zero-order valence-electron chi connectivity index (χ0n) is 10.7. The number of quaternary nitrogens is 1. The third kappa shape index (κ3) is 6.34. The number of hydrogen-bond acceptors (Lipinski definition) is 8. The predicted octanol–water partition coefficient (Wildman–Crippen LogP) is -2.61. The Hall–Kier alpha value is 0.0200. The van der Waals surface area contributed by atoms with E-state index in [1.165, 1.54) is 0 Å². The second kappa shape index (κ2) is 7.06. The van der Waals surface area contributed by atoms with Crippen LogP contribution in [0.2, 0.25) is 0 Å². The van der Waals surface area contributed by atoms with E-state index in [4.69, 9.17) is 19.6 Å². The molecule has 1 aliphatic rings. The van der Waals surface area contributed by atoms with Crippen molar-refractivity contribution in [2.24, 2.45) is 0 Å². The number of aliphatic hydroxyl groups is 3. The van der Waals surface area contributed by atoms with Crippen LogP contribution in [0.3, 0.4) is 0 Å². The van der Waals surface area contributed by atoms with Gasteiger partial charge in [-0.25, -0.2) is 9.13 Å². The summed E-state index contributed by atoms with van der Waals surface area (Å²) < 4.78 is 33.6. The van der Waals surface area contributed by atoms with Gasteiger partial charge in [0.05, 0.1) is 6.61 Å². The van der Waals surface area contributed by atoms with Crippen molar-refractivity contribution in [3.8, 4) is 0 Å². The molecular formula is C6H18NO12P2+. The number of ether oxygens (including phenoxy) is 1. The molecule has 4 atom stereocenters. The molecule has 11 N–H and O–H groups in total. The van der Waals surface area contributed by atoms with Crippen LogP contribution in [-0.2, 0) is 22.9 Å². The molecule has 0 aromatic heterocycles. The van der Waals surface area contributed by atoms with Crippen molar-refractivity contribution in [1.82, 2.24) is 6.15 Å². The first-order chi connectivity index (χ1) is 8.84. The molecular weight excluding hydrogens is 340 g/mol. The van der Waals surface area contributed by atoms with Gasteiger partial charge >= 0.3 is 15.6 Å². The largest absolute Gasteiger partial charge is 0.469 e. The predicted molar refractivity (Wildman–Crippen MR) is 63.8 cm³/mol. The van der Waals surface area contributed by atoms with E-state index in [1.807, 2.05) is 0 Å². The minimum atomic E-state index is -4.96. The van der Waals surface area contributed by atoms with E-state index >= 15 is 0 Å². The minimum Gasteiger partial charge on any atom is -0.387 e. The lowest BCUT2D eigenvalue weighted by atomic mass is 10.1. The molecule has 0 spiro atoms. The minimum absolute atomic E-state index is 0. The van der Waals surface area contributed by atoms with Crippen molar-refractivity contribution in [2.45, 2.75) is 24.1 Å². The number of phosphoric ester groups is 2. The van der Waals surface area contributed by atoms with Crippen LogP contribution in [0.4, 0.5) is 0 Å². The average Bonchev–Trinajstić information content (AvgIpc) is 2.48. The molecule has 1 heterocycles. The van der Waals surface area contributed by atoms with Gasteiger partial charge in [0, 0.05) is 0 Å². The zero-order valence-corrected chi connectivity index (χ0v) is 12.5. The Bertz CT molecular complexity index is 433. The smallest absolute Gasteiger partial charge is 0.387 e. The van der Waals surface area contributed by atoms with Gasteiger partial charge in [0.25, 0.3) is 0 Å². The molecule has 1 aliphatic heterocycles. The van der Waals surface area contributed by atoms with Crippen molar-refractivity contribution < 1.29 is 57.8 Å². The Morgan fingerprint density at radius 1 is 1.05 bits per heavy atom. The first kappa shape index (κ1) is 21.0. The van der Waals surface area contributed by atoms with Crippen LogP contribution in [0.25, 0.3) is 0 Å². The fraction of sp³-hybridized carbons (Fsp3) is 1.00. The molecule has 0 aromatic rings. The second-order valence-corrected chi connectivity index (χ2v) is 6.47. The van der Waals surface area contributed by atoms with Gasteiger partial charge in [-0.1, -0.05) is 0 Å². The summed E-state index contributed by atoms with van der Waals surface area (Å²) >= 11 is 0. The highest BCUT2D eigenvalue weighted by molar-refractivity contribution is 7.46. The summed E-state index contributed by atoms with van der Waals surface area (Å²) in [7, 11) is -9.82. The molecule has 0 unspecified atom stereocenters. The summed E-state index contributed by atoms with van der Waals surface area (Å²) in [6.45, 7) is -2.05. The fourth-order valence-electron chi connectivity index (χ4n) is 1.47. The van der Waals surface area contributed by atoms with Crippen LogP contribution in [0.15, 0.2) is 0 Å². The van der Waals surface area contributed by atoms with Crippen molar-refractivity contribution in [1.29, 1.82) is 0 Å².